The lowest BCUT2D eigenvalue weighted by Gasteiger charge is -2.07. The number of aliphatic hydroxyl groups is 1. The summed E-state index contributed by atoms with van der Waals surface area (Å²) in [5.41, 5.74) is 0.311. The van der Waals surface area contributed by atoms with E-state index in [9.17, 15) is 13.2 Å². The highest BCUT2D eigenvalue weighted by atomic mass is 32.2. The minimum absolute atomic E-state index is 0.0377. The van der Waals surface area contributed by atoms with Gasteiger partial charge in [0.25, 0.3) is 0 Å². The number of ether oxygens (including phenoxy) is 1. The minimum Gasteiger partial charge on any atom is -0.462 e. The molecule has 0 bridgehead atoms. The average Bonchev–Trinajstić information content (AvgIpc) is 2.44. The predicted octanol–water partition coefficient (Wildman–Crippen LogP) is 0.914. The largest absolute Gasteiger partial charge is 0.462 e. The minimum atomic E-state index is -3.58. The number of benzene rings is 1. The van der Waals surface area contributed by atoms with Crippen molar-refractivity contribution >= 4 is 16.0 Å². The molecule has 6 nitrogen and oxygen atoms in total. The van der Waals surface area contributed by atoms with Crippen LogP contribution < -0.4 is 4.72 Å². The number of sulfonamides is 1. The van der Waals surface area contributed by atoms with Crippen LogP contribution in [-0.2, 0) is 14.8 Å². The molecule has 0 fully saturated rings. The molecule has 20 heavy (non-hydrogen) atoms. The van der Waals surface area contributed by atoms with E-state index in [4.69, 9.17) is 9.84 Å². The van der Waals surface area contributed by atoms with Crippen LogP contribution in [0.15, 0.2) is 29.2 Å². The summed E-state index contributed by atoms with van der Waals surface area (Å²) < 4.78 is 31.1. The van der Waals surface area contributed by atoms with Crippen LogP contribution in [0.3, 0.4) is 0 Å². The fraction of sp³-hybridized carbons (Fsp3) is 0.462. The third-order valence-corrected chi connectivity index (χ3v) is 4.03. The van der Waals surface area contributed by atoms with E-state index in [2.05, 4.69) is 4.72 Å². The molecular formula is C13H19NO5S. The first kappa shape index (κ1) is 16.6. The predicted molar refractivity (Wildman–Crippen MR) is 73.9 cm³/mol. The zero-order valence-corrected chi connectivity index (χ0v) is 12.1. The number of carbonyl (C=O) groups excluding carboxylic acids is 1. The van der Waals surface area contributed by atoms with Crippen molar-refractivity contribution in [2.75, 3.05) is 19.8 Å². The lowest BCUT2D eigenvalue weighted by atomic mass is 10.2. The first-order chi connectivity index (χ1) is 9.51. The maximum Gasteiger partial charge on any atom is 0.338 e. The average molecular weight is 301 g/mol. The summed E-state index contributed by atoms with van der Waals surface area (Å²) in [5.74, 6) is -0.479. The van der Waals surface area contributed by atoms with Crippen LogP contribution in [0.4, 0.5) is 0 Å². The van der Waals surface area contributed by atoms with E-state index in [-0.39, 0.29) is 24.7 Å². The maximum absolute atomic E-state index is 11.9. The van der Waals surface area contributed by atoms with Gasteiger partial charge in [0.2, 0.25) is 10.0 Å². The summed E-state index contributed by atoms with van der Waals surface area (Å²) in [6.45, 7) is 2.27. The second-order valence-electron chi connectivity index (χ2n) is 4.07. The van der Waals surface area contributed by atoms with Gasteiger partial charge in [-0.15, -0.1) is 0 Å². The van der Waals surface area contributed by atoms with Crippen molar-refractivity contribution in [3.05, 3.63) is 29.8 Å². The van der Waals surface area contributed by atoms with Gasteiger partial charge in [0.1, 0.15) is 0 Å². The van der Waals surface area contributed by atoms with Gasteiger partial charge in [-0.3, -0.25) is 0 Å². The third kappa shape index (κ3) is 4.92. The molecule has 0 atom stereocenters. The molecule has 0 saturated carbocycles. The van der Waals surface area contributed by atoms with Gasteiger partial charge in [-0.2, -0.15) is 0 Å². The zero-order valence-electron chi connectivity index (χ0n) is 11.3. The summed E-state index contributed by atoms with van der Waals surface area (Å²) in [5, 5.41) is 8.62. The first-order valence-corrected chi connectivity index (χ1v) is 7.87. The lowest BCUT2D eigenvalue weighted by Crippen LogP contribution is -2.25. The molecule has 1 aromatic rings. The molecule has 0 saturated heterocycles. The van der Waals surface area contributed by atoms with Crippen LogP contribution in [0.2, 0.25) is 0 Å². The highest BCUT2D eigenvalue weighted by molar-refractivity contribution is 7.89. The fourth-order valence-corrected chi connectivity index (χ4v) is 2.59. The Morgan fingerprint density at radius 2 is 1.90 bits per heavy atom. The van der Waals surface area contributed by atoms with Crippen LogP contribution in [0, 0.1) is 0 Å². The van der Waals surface area contributed by atoms with Crippen LogP contribution in [-0.4, -0.2) is 39.3 Å². The Morgan fingerprint density at radius 3 is 2.45 bits per heavy atom. The van der Waals surface area contributed by atoms with Gasteiger partial charge in [0.05, 0.1) is 17.1 Å². The van der Waals surface area contributed by atoms with Gasteiger partial charge < -0.3 is 9.84 Å². The smallest absolute Gasteiger partial charge is 0.338 e. The third-order valence-electron chi connectivity index (χ3n) is 2.55. The molecule has 0 amide bonds. The molecule has 0 heterocycles. The molecule has 0 radical (unpaired) electrons. The van der Waals surface area contributed by atoms with Gasteiger partial charge in [-0.1, -0.05) is 0 Å². The summed E-state index contributed by atoms with van der Waals surface area (Å²) in [6.07, 6.45) is 1.11. The number of unbranched alkanes of at least 4 members (excludes halogenated alkanes) is 1. The highest BCUT2D eigenvalue weighted by Gasteiger charge is 2.14. The molecule has 112 valence electrons. The van der Waals surface area contributed by atoms with E-state index < -0.39 is 16.0 Å². The Kier molecular flexibility index (Phi) is 6.63. The van der Waals surface area contributed by atoms with E-state index >= 15 is 0 Å². The second-order valence-corrected chi connectivity index (χ2v) is 5.84. The van der Waals surface area contributed by atoms with Crippen molar-refractivity contribution in [2.45, 2.75) is 24.7 Å². The monoisotopic (exact) mass is 301 g/mol. The molecule has 0 unspecified atom stereocenters. The van der Waals surface area contributed by atoms with Crippen molar-refractivity contribution in [2.24, 2.45) is 0 Å². The topological polar surface area (TPSA) is 92.7 Å². The Bertz CT molecular complexity index is 524. The SMILES string of the molecule is CCOC(=O)c1ccc(S(=O)(=O)NCCCCO)cc1. The van der Waals surface area contributed by atoms with Crippen molar-refractivity contribution in [3.8, 4) is 0 Å². The maximum atomic E-state index is 11.9. The quantitative estimate of drug-likeness (QED) is 0.550. The van der Waals surface area contributed by atoms with E-state index in [1.165, 1.54) is 24.3 Å². The van der Waals surface area contributed by atoms with E-state index in [0.29, 0.717) is 18.4 Å². The lowest BCUT2D eigenvalue weighted by molar-refractivity contribution is 0.0526. The summed E-state index contributed by atoms with van der Waals surface area (Å²) in [4.78, 5) is 11.5. The molecule has 0 aromatic heterocycles. The van der Waals surface area contributed by atoms with E-state index in [0.717, 1.165) is 0 Å². The molecule has 0 aliphatic carbocycles. The number of hydrogen-bond acceptors (Lipinski definition) is 5. The van der Waals surface area contributed by atoms with Crippen molar-refractivity contribution in [3.63, 3.8) is 0 Å². The highest BCUT2D eigenvalue weighted by Crippen LogP contribution is 2.11. The van der Waals surface area contributed by atoms with Crippen molar-refractivity contribution in [1.82, 2.24) is 4.72 Å². The molecular weight excluding hydrogens is 282 g/mol. The molecule has 0 aliphatic heterocycles. The van der Waals surface area contributed by atoms with Crippen LogP contribution in [0.1, 0.15) is 30.1 Å². The van der Waals surface area contributed by atoms with E-state index in [1.54, 1.807) is 6.92 Å². The second kappa shape index (κ2) is 7.98. The molecule has 7 heteroatoms. The van der Waals surface area contributed by atoms with Crippen molar-refractivity contribution < 1.29 is 23.1 Å². The number of nitrogens with one attached hydrogen (secondary N) is 1. The normalized spacial score (nSPS) is 11.3. The molecule has 1 rings (SSSR count). The number of rotatable bonds is 8. The molecule has 2 N–H and O–H groups in total. The number of hydrogen-bond donors (Lipinski definition) is 2. The molecule has 0 spiro atoms. The Labute approximate surface area is 118 Å². The van der Waals surface area contributed by atoms with Gasteiger partial charge in [-0.25, -0.2) is 17.9 Å². The Hall–Kier alpha value is -1.44. The Balaban J connectivity index is 2.69. The van der Waals surface area contributed by atoms with Crippen LogP contribution in [0.5, 0.6) is 0 Å². The standard InChI is InChI=1S/C13H19NO5S/c1-2-19-13(16)11-5-7-12(8-6-11)20(17,18)14-9-3-4-10-15/h5-8,14-15H,2-4,9-10H2,1H3. The summed E-state index contributed by atoms with van der Waals surface area (Å²) in [6, 6.07) is 5.56. The zero-order chi connectivity index (χ0) is 15.0. The van der Waals surface area contributed by atoms with Gasteiger partial charge in [0, 0.05) is 13.2 Å². The number of aliphatic hydroxyl groups excluding tert-OH is 1. The summed E-state index contributed by atoms with van der Waals surface area (Å²) >= 11 is 0. The van der Waals surface area contributed by atoms with Crippen LogP contribution in [0.25, 0.3) is 0 Å². The van der Waals surface area contributed by atoms with Gasteiger partial charge in [-0.05, 0) is 44.0 Å². The van der Waals surface area contributed by atoms with Gasteiger partial charge >= 0.3 is 5.97 Å². The Morgan fingerprint density at radius 1 is 1.25 bits per heavy atom. The molecule has 1 aromatic carbocycles. The number of carbonyl (C=O) groups is 1. The van der Waals surface area contributed by atoms with Crippen LogP contribution >= 0.6 is 0 Å². The summed E-state index contributed by atoms with van der Waals surface area (Å²) in [7, 11) is -3.58. The fourth-order valence-electron chi connectivity index (χ4n) is 1.51. The molecule has 0 aliphatic rings. The van der Waals surface area contributed by atoms with Crippen molar-refractivity contribution in [1.29, 1.82) is 0 Å². The first-order valence-electron chi connectivity index (χ1n) is 6.39. The number of esters is 1. The van der Waals surface area contributed by atoms with Gasteiger partial charge in [0.15, 0.2) is 0 Å². The van der Waals surface area contributed by atoms with E-state index in [1.807, 2.05) is 0 Å².